The highest BCUT2D eigenvalue weighted by atomic mass is 127. The van der Waals surface area contributed by atoms with Crippen LogP contribution in [-0.2, 0) is 9.59 Å². The van der Waals surface area contributed by atoms with E-state index in [1.54, 1.807) is 36.4 Å². The first-order chi connectivity index (χ1) is 14.9. The van der Waals surface area contributed by atoms with Crippen molar-refractivity contribution in [2.75, 3.05) is 4.90 Å². The van der Waals surface area contributed by atoms with Gasteiger partial charge in [-0.3, -0.25) is 19.8 Å². The van der Waals surface area contributed by atoms with Gasteiger partial charge < -0.3 is 4.74 Å². The smallest absolute Gasteiger partial charge is 0.270 e. The van der Waals surface area contributed by atoms with Gasteiger partial charge in [0.1, 0.15) is 22.9 Å². The number of amides is 2. The summed E-state index contributed by atoms with van der Waals surface area (Å²) in [5, 5.41) is 2.44. The minimum Gasteiger partial charge on any atom is -0.457 e. The maximum Gasteiger partial charge on any atom is 0.270 e. The van der Waals surface area contributed by atoms with Gasteiger partial charge in [-0.15, -0.1) is 0 Å². The van der Waals surface area contributed by atoms with Crippen LogP contribution in [0.5, 0.6) is 11.5 Å². The van der Waals surface area contributed by atoms with E-state index in [2.05, 4.69) is 5.32 Å². The monoisotopic (exact) mass is 544 g/mol. The number of ether oxygens (including phenoxy) is 1. The van der Waals surface area contributed by atoms with Crippen LogP contribution in [0.3, 0.4) is 0 Å². The molecule has 4 rings (SSSR count). The number of carbonyl (C=O) groups is 2. The summed E-state index contributed by atoms with van der Waals surface area (Å²) in [6.45, 7) is 0. The van der Waals surface area contributed by atoms with Crippen LogP contribution in [0.15, 0.2) is 78.4 Å². The minimum atomic E-state index is -0.673. The van der Waals surface area contributed by atoms with Crippen LogP contribution < -0.4 is 15.0 Å². The molecule has 3 aromatic carbocycles. The van der Waals surface area contributed by atoms with Crippen molar-refractivity contribution >= 4 is 63.5 Å². The molecule has 31 heavy (non-hydrogen) atoms. The van der Waals surface area contributed by atoms with Gasteiger partial charge >= 0.3 is 0 Å². The first kappa shape index (κ1) is 21.1. The second kappa shape index (κ2) is 8.94. The molecule has 1 aliphatic heterocycles. The number of rotatable bonds is 4. The predicted octanol–water partition coefficient (Wildman–Crippen LogP) is 5.05. The molecule has 0 aromatic heterocycles. The summed E-state index contributed by atoms with van der Waals surface area (Å²) in [6.07, 6.45) is 1.23. The maximum atomic E-state index is 14.2. The topological polar surface area (TPSA) is 58.6 Å². The molecule has 2 amide bonds. The Kier molecular flexibility index (Phi) is 6.10. The molecule has 0 saturated carbocycles. The van der Waals surface area contributed by atoms with Crippen molar-refractivity contribution in [3.8, 4) is 11.5 Å². The van der Waals surface area contributed by atoms with Gasteiger partial charge in [0.2, 0.25) is 0 Å². The first-order valence-corrected chi connectivity index (χ1v) is 10.6. The van der Waals surface area contributed by atoms with Gasteiger partial charge in [-0.25, -0.2) is 4.39 Å². The number of halogens is 2. The Labute approximate surface area is 196 Å². The number of hydrogen-bond donors (Lipinski definition) is 1. The predicted molar refractivity (Wildman–Crippen MR) is 128 cm³/mol. The summed E-state index contributed by atoms with van der Waals surface area (Å²) in [5.41, 5.74) is 0.383. The van der Waals surface area contributed by atoms with E-state index in [-0.39, 0.29) is 16.2 Å². The Morgan fingerprint density at radius 1 is 0.968 bits per heavy atom. The summed E-state index contributed by atoms with van der Waals surface area (Å²) < 4.78 is 20.7. The van der Waals surface area contributed by atoms with Crippen LogP contribution in [0.25, 0.3) is 6.08 Å². The molecule has 0 atom stereocenters. The highest BCUT2D eigenvalue weighted by Crippen LogP contribution is 2.27. The summed E-state index contributed by atoms with van der Waals surface area (Å²) in [7, 11) is 0. The normalized spacial score (nSPS) is 15.2. The van der Waals surface area contributed by atoms with Crippen LogP contribution in [0, 0.1) is 9.39 Å². The SMILES string of the molecule is O=C1NC(=S)N(c2ccc(Oc3ccccc3)cc2)C(=O)/C1=C/c1cc(I)ccc1F. The molecule has 1 heterocycles. The number of para-hydroxylation sites is 1. The van der Waals surface area contributed by atoms with E-state index in [9.17, 15) is 14.0 Å². The Hall–Kier alpha value is -3.11. The van der Waals surface area contributed by atoms with Crippen molar-refractivity contribution in [3.63, 3.8) is 0 Å². The zero-order valence-corrected chi connectivity index (χ0v) is 18.8. The van der Waals surface area contributed by atoms with Gasteiger partial charge in [0.15, 0.2) is 5.11 Å². The largest absolute Gasteiger partial charge is 0.457 e. The number of nitrogens with zero attached hydrogens (tertiary/aromatic N) is 1. The molecule has 1 N–H and O–H groups in total. The second-order valence-corrected chi connectivity index (χ2v) is 8.17. The van der Waals surface area contributed by atoms with E-state index in [1.165, 1.54) is 17.0 Å². The summed E-state index contributed by atoms with van der Waals surface area (Å²) in [5.74, 6) is -0.587. The molecule has 154 valence electrons. The van der Waals surface area contributed by atoms with Crippen LogP contribution in [-0.4, -0.2) is 16.9 Å². The number of benzene rings is 3. The Morgan fingerprint density at radius 2 is 1.65 bits per heavy atom. The number of nitrogens with one attached hydrogen (secondary N) is 1. The van der Waals surface area contributed by atoms with Crippen molar-refractivity contribution in [1.82, 2.24) is 5.32 Å². The maximum absolute atomic E-state index is 14.2. The van der Waals surface area contributed by atoms with Gasteiger partial charge in [-0.1, -0.05) is 18.2 Å². The van der Waals surface area contributed by atoms with Crippen LogP contribution in [0.2, 0.25) is 0 Å². The van der Waals surface area contributed by atoms with Gasteiger partial charge in [-0.2, -0.15) is 0 Å². The molecule has 1 fully saturated rings. The third-order valence-corrected chi connectivity index (χ3v) is 5.39. The van der Waals surface area contributed by atoms with Gasteiger partial charge in [0.05, 0.1) is 5.69 Å². The number of anilines is 1. The van der Waals surface area contributed by atoms with Crippen molar-refractivity contribution < 1.29 is 18.7 Å². The molecule has 8 heteroatoms. The summed E-state index contributed by atoms with van der Waals surface area (Å²) in [6, 6.07) is 20.4. The number of thiocarbonyl (C=S) groups is 1. The molecule has 1 saturated heterocycles. The second-order valence-electron chi connectivity index (χ2n) is 6.53. The third kappa shape index (κ3) is 4.64. The van der Waals surface area contributed by atoms with Crippen LogP contribution >= 0.6 is 34.8 Å². The summed E-state index contributed by atoms with van der Waals surface area (Å²) >= 11 is 7.23. The van der Waals surface area contributed by atoms with E-state index in [0.717, 1.165) is 3.57 Å². The van der Waals surface area contributed by atoms with E-state index >= 15 is 0 Å². The van der Waals surface area contributed by atoms with Crippen LogP contribution in [0.4, 0.5) is 10.1 Å². The lowest BCUT2D eigenvalue weighted by atomic mass is 10.1. The Morgan fingerprint density at radius 3 is 2.35 bits per heavy atom. The first-order valence-electron chi connectivity index (χ1n) is 9.12. The van der Waals surface area contributed by atoms with Crippen molar-refractivity contribution in [2.45, 2.75) is 0 Å². The molecule has 0 bridgehead atoms. The highest BCUT2D eigenvalue weighted by molar-refractivity contribution is 14.1. The van der Waals surface area contributed by atoms with Crippen molar-refractivity contribution in [3.05, 3.63) is 93.3 Å². The van der Waals surface area contributed by atoms with E-state index in [0.29, 0.717) is 17.2 Å². The van der Waals surface area contributed by atoms with E-state index in [4.69, 9.17) is 17.0 Å². The molecular weight excluding hydrogens is 530 g/mol. The molecule has 0 aliphatic carbocycles. The fourth-order valence-electron chi connectivity index (χ4n) is 2.96. The van der Waals surface area contributed by atoms with Gasteiger partial charge in [-0.05, 0) is 95.5 Å². The molecule has 0 spiro atoms. The summed E-state index contributed by atoms with van der Waals surface area (Å²) in [4.78, 5) is 26.7. The molecular formula is C23H14FIN2O3S. The van der Waals surface area contributed by atoms with E-state index < -0.39 is 17.6 Å². The lowest BCUT2D eigenvalue weighted by Gasteiger charge is -2.29. The molecule has 1 aliphatic rings. The quantitative estimate of drug-likeness (QED) is 0.216. The molecule has 5 nitrogen and oxygen atoms in total. The minimum absolute atomic E-state index is 0.0491. The molecule has 0 unspecified atom stereocenters. The average Bonchev–Trinajstić information content (AvgIpc) is 2.75. The van der Waals surface area contributed by atoms with Gasteiger partial charge in [0.25, 0.3) is 11.8 Å². The highest BCUT2D eigenvalue weighted by Gasteiger charge is 2.34. The van der Waals surface area contributed by atoms with Crippen molar-refractivity contribution in [1.29, 1.82) is 0 Å². The fraction of sp³-hybridized carbons (Fsp3) is 0. The lowest BCUT2D eigenvalue weighted by Crippen LogP contribution is -2.54. The van der Waals surface area contributed by atoms with Crippen LogP contribution in [0.1, 0.15) is 5.56 Å². The van der Waals surface area contributed by atoms with Gasteiger partial charge in [0, 0.05) is 9.13 Å². The number of carbonyl (C=O) groups excluding carboxylic acids is 2. The number of hydrogen-bond acceptors (Lipinski definition) is 4. The molecule has 3 aromatic rings. The fourth-order valence-corrected chi connectivity index (χ4v) is 3.76. The Balaban J connectivity index is 1.62. The zero-order valence-electron chi connectivity index (χ0n) is 15.8. The Bertz CT molecular complexity index is 1210. The lowest BCUT2D eigenvalue weighted by molar-refractivity contribution is -0.122. The average molecular weight is 544 g/mol. The zero-order chi connectivity index (χ0) is 22.0. The third-order valence-electron chi connectivity index (χ3n) is 4.43. The standard InChI is InChI=1S/C23H14FIN2O3S/c24-20-11-6-15(25)12-14(20)13-19-21(28)26-23(31)27(22(19)29)16-7-9-18(10-8-16)30-17-4-2-1-3-5-17/h1-13H,(H,26,28,31)/b19-13+. The van der Waals surface area contributed by atoms with Crippen molar-refractivity contribution in [2.24, 2.45) is 0 Å². The van der Waals surface area contributed by atoms with E-state index in [1.807, 2.05) is 52.9 Å². The molecule has 0 radical (unpaired) electrons.